The highest BCUT2D eigenvalue weighted by Crippen LogP contribution is 2.33. The highest BCUT2D eigenvalue weighted by atomic mass is 16.5. The van der Waals surface area contributed by atoms with Crippen molar-refractivity contribution in [2.45, 2.75) is 38.9 Å². The normalized spacial score (nSPS) is 12.4. The van der Waals surface area contributed by atoms with E-state index in [-0.39, 0.29) is 0 Å². The van der Waals surface area contributed by atoms with E-state index < -0.39 is 11.2 Å². The maximum absolute atomic E-state index is 6.27. The Hall–Kier alpha value is -1.74. The molecule has 19 heavy (non-hydrogen) atoms. The van der Waals surface area contributed by atoms with Crippen LogP contribution in [0.15, 0.2) is 48.8 Å². The third-order valence-electron chi connectivity index (χ3n) is 3.07. The zero-order valence-electron chi connectivity index (χ0n) is 11.9. The van der Waals surface area contributed by atoms with Gasteiger partial charge in [0.2, 0.25) is 0 Å². The summed E-state index contributed by atoms with van der Waals surface area (Å²) in [5.74, 6) is 0. The molecule has 0 bridgehead atoms. The molecular formula is C16H20N2O. The molecule has 2 aromatic rings. The fourth-order valence-corrected chi connectivity index (χ4v) is 2.18. The lowest BCUT2D eigenvalue weighted by Crippen LogP contribution is -2.34. The standard InChI is InChI=1S/C16H20N2O/c1-15(2,13-9-5-7-11-17-13)19-16(3,4)14-10-6-8-12-18-14/h5-12H,1-4H3. The van der Waals surface area contributed by atoms with Crippen LogP contribution in [0, 0.1) is 0 Å². The first kappa shape index (κ1) is 13.7. The zero-order valence-corrected chi connectivity index (χ0v) is 11.9. The molecule has 0 amide bonds. The average molecular weight is 256 g/mol. The minimum Gasteiger partial charge on any atom is -0.357 e. The van der Waals surface area contributed by atoms with Crippen molar-refractivity contribution in [2.24, 2.45) is 0 Å². The summed E-state index contributed by atoms with van der Waals surface area (Å²) in [6.07, 6.45) is 3.57. The number of hydrogen-bond acceptors (Lipinski definition) is 3. The van der Waals surface area contributed by atoms with E-state index in [2.05, 4.69) is 9.97 Å². The molecule has 2 rings (SSSR count). The number of rotatable bonds is 4. The fraction of sp³-hybridized carbons (Fsp3) is 0.375. The van der Waals surface area contributed by atoms with Gasteiger partial charge in [0.05, 0.1) is 11.4 Å². The van der Waals surface area contributed by atoms with Crippen molar-refractivity contribution in [1.29, 1.82) is 0 Å². The minimum absolute atomic E-state index is 0.470. The maximum Gasteiger partial charge on any atom is 0.106 e. The molecule has 0 saturated carbocycles. The number of ether oxygens (including phenoxy) is 1. The molecule has 0 aromatic carbocycles. The topological polar surface area (TPSA) is 35.0 Å². The number of aromatic nitrogens is 2. The molecule has 0 atom stereocenters. The predicted molar refractivity (Wildman–Crippen MR) is 75.6 cm³/mol. The smallest absolute Gasteiger partial charge is 0.106 e. The van der Waals surface area contributed by atoms with Crippen LogP contribution in [0.1, 0.15) is 39.1 Å². The summed E-state index contributed by atoms with van der Waals surface area (Å²) < 4.78 is 6.27. The van der Waals surface area contributed by atoms with Crippen LogP contribution >= 0.6 is 0 Å². The summed E-state index contributed by atoms with van der Waals surface area (Å²) in [4.78, 5) is 8.77. The quantitative estimate of drug-likeness (QED) is 0.837. The molecule has 0 aliphatic carbocycles. The molecule has 100 valence electrons. The molecule has 0 saturated heterocycles. The number of pyridine rings is 2. The summed E-state index contributed by atoms with van der Waals surface area (Å²) in [5, 5.41) is 0. The zero-order chi connectivity index (χ0) is 13.9. The van der Waals surface area contributed by atoms with E-state index in [1.807, 2.05) is 64.1 Å². The third-order valence-corrected chi connectivity index (χ3v) is 3.07. The largest absolute Gasteiger partial charge is 0.357 e. The van der Waals surface area contributed by atoms with Crippen molar-refractivity contribution in [3.63, 3.8) is 0 Å². The lowest BCUT2D eigenvalue weighted by Gasteiger charge is -2.35. The molecule has 0 aliphatic rings. The van der Waals surface area contributed by atoms with Crippen LogP contribution in [0.4, 0.5) is 0 Å². The third kappa shape index (κ3) is 3.18. The lowest BCUT2D eigenvalue weighted by atomic mass is 9.99. The summed E-state index contributed by atoms with van der Waals surface area (Å²) in [6.45, 7) is 8.11. The van der Waals surface area contributed by atoms with Crippen molar-refractivity contribution < 1.29 is 4.74 Å². The van der Waals surface area contributed by atoms with Gasteiger partial charge in [-0.05, 0) is 52.0 Å². The Bertz CT molecular complexity index is 471. The van der Waals surface area contributed by atoms with Gasteiger partial charge in [0.1, 0.15) is 11.2 Å². The van der Waals surface area contributed by atoms with Gasteiger partial charge in [-0.25, -0.2) is 0 Å². The number of nitrogens with zero attached hydrogens (tertiary/aromatic N) is 2. The van der Waals surface area contributed by atoms with Crippen LogP contribution in [0.5, 0.6) is 0 Å². The summed E-state index contributed by atoms with van der Waals surface area (Å²) in [5.41, 5.74) is 0.892. The molecule has 0 N–H and O–H groups in total. The van der Waals surface area contributed by atoms with E-state index in [1.54, 1.807) is 12.4 Å². The average Bonchev–Trinajstić information content (AvgIpc) is 2.40. The summed E-state index contributed by atoms with van der Waals surface area (Å²) >= 11 is 0. The van der Waals surface area contributed by atoms with Gasteiger partial charge in [-0.2, -0.15) is 0 Å². The Balaban J connectivity index is 2.25. The van der Waals surface area contributed by atoms with Crippen LogP contribution in [-0.2, 0) is 15.9 Å². The molecule has 0 fully saturated rings. The van der Waals surface area contributed by atoms with Crippen molar-refractivity contribution in [3.05, 3.63) is 60.2 Å². The Morgan fingerprint density at radius 3 is 1.47 bits per heavy atom. The van der Waals surface area contributed by atoms with Crippen molar-refractivity contribution in [2.75, 3.05) is 0 Å². The Morgan fingerprint density at radius 2 is 1.16 bits per heavy atom. The Morgan fingerprint density at radius 1 is 0.737 bits per heavy atom. The van der Waals surface area contributed by atoms with E-state index in [0.717, 1.165) is 11.4 Å². The highest BCUT2D eigenvalue weighted by Gasteiger charge is 2.33. The molecule has 2 heterocycles. The van der Waals surface area contributed by atoms with Gasteiger partial charge in [-0.1, -0.05) is 12.1 Å². The molecule has 0 spiro atoms. The van der Waals surface area contributed by atoms with Gasteiger partial charge in [0, 0.05) is 12.4 Å². The van der Waals surface area contributed by atoms with E-state index >= 15 is 0 Å². The van der Waals surface area contributed by atoms with Crippen LogP contribution in [-0.4, -0.2) is 9.97 Å². The van der Waals surface area contributed by atoms with Gasteiger partial charge in [0.25, 0.3) is 0 Å². The van der Waals surface area contributed by atoms with Gasteiger partial charge >= 0.3 is 0 Å². The van der Waals surface area contributed by atoms with Gasteiger partial charge in [0.15, 0.2) is 0 Å². The second kappa shape index (κ2) is 5.10. The van der Waals surface area contributed by atoms with Crippen molar-refractivity contribution in [3.8, 4) is 0 Å². The minimum atomic E-state index is -0.470. The Labute approximate surface area is 114 Å². The molecule has 2 aromatic heterocycles. The van der Waals surface area contributed by atoms with E-state index in [4.69, 9.17) is 4.74 Å². The van der Waals surface area contributed by atoms with E-state index in [1.165, 1.54) is 0 Å². The fourth-order valence-electron chi connectivity index (χ4n) is 2.18. The van der Waals surface area contributed by atoms with Gasteiger partial charge in [-0.15, -0.1) is 0 Å². The van der Waals surface area contributed by atoms with Crippen molar-refractivity contribution >= 4 is 0 Å². The molecule has 3 nitrogen and oxygen atoms in total. The van der Waals surface area contributed by atoms with Crippen LogP contribution in [0.25, 0.3) is 0 Å². The molecule has 0 radical (unpaired) electrons. The monoisotopic (exact) mass is 256 g/mol. The molecular weight excluding hydrogens is 236 g/mol. The second-order valence-corrected chi connectivity index (χ2v) is 5.55. The molecule has 3 heteroatoms. The first-order chi connectivity index (χ1) is 8.92. The first-order valence-corrected chi connectivity index (χ1v) is 6.45. The van der Waals surface area contributed by atoms with E-state index in [9.17, 15) is 0 Å². The molecule has 0 unspecified atom stereocenters. The predicted octanol–water partition coefficient (Wildman–Crippen LogP) is 3.66. The number of hydrogen-bond donors (Lipinski definition) is 0. The van der Waals surface area contributed by atoms with Crippen LogP contribution in [0.2, 0.25) is 0 Å². The highest BCUT2D eigenvalue weighted by molar-refractivity contribution is 5.15. The van der Waals surface area contributed by atoms with Crippen LogP contribution < -0.4 is 0 Å². The lowest BCUT2D eigenvalue weighted by molar-refractivity contribution is -0.136. The van der Waals surface area contributed by atoms with Crippen molar-refractivity contribution in [1.82, 2.24) is 9.97 Å². The second-order valence-electron chi connectivity index (χ2n) is 5.55. The van der Waals surface area contributed by atoms with Gasteiger partial charge in [-0.3, -0.25) is 9.97 Å². The SMILES string of the molecule is CC(C)(OC(C)(C)c1ccccn1)c1ccccn1. The summed E-state index contributed by atoms with van der Waals surface area (Å²) in [6, 6.07) is 11.7. The maximum atomic E-state index is 6.27. The van der Waals surface area contributed by atoms with Crippen LogP contribution in [0.3, 0.4) is 0 Å². The van der Waals surface area contributed by atoms with E-state index in [0.29, 0.717) is 0 Å². The Kier molecular flexibility index (Phi) is 3.67. The molecule has 0 aliphatic heterocycles. The summed E-state index contributed by atoms with van der Waals surface area (Å²) in [7, 11) is 0. The first-order valence-electron chi connectivity index (χ1n) is 6.45. The van der Waals surface area contributed by atoms with Gasteiger partial charge < -0.3 is 4.74 Å².